The van der Waals surface area contributed by atoms with Gasteiger partial charge in [-0.2, -0.15) is 0 Å². The first kappa shape index (κ1) is 9.35. The maximum absolute atomic E-state index is 11.5. The lowest BCUT2D eigenvalue weighted by molar-refractivity contribution is 0.0996. The van der Waals surface area contributed by atoms with E-state index in [2.05, 4.69) is 30.8 Å². The molecule has 0 radical (unpaired) electrons. The van der Waals surface area contributed by atoms with Crippen LogP contribution in [-0.4, -0.2) is 15.5 Å². The summed E-state index contributed by atoms with van der Waals surface area (Å²) >= 11 is 4.22. The van der Waals surface area contributed by atoms with Crippen molar-refractivity contribution < 1.29 is 9.21 Å². The fraction of sp³-hybridized carbons (Fsp3) is 0. The summed E-state index contributed by atoms with van der Waals surface area (Å²) in [6.07, 6.45) is 1.47. The number of furan rings is 1. The van der Waals surface area contributed by atoms with Crippen molar-refractivity contribution in [1.82, 2.24) is 9.59 Å². The number of rotatable bonds is 2. The van der Waals surface area contributed by atoms with E-state index in [4.69, 9.17) is 4.42 Å². The van der Waals surface area contributed by atoms with E-state index in [9.17, 15) is 4.79 Å². The van der Waals surface area contributed by atoms with Crippen molar-refractivity contribution in [3.63, 3.8) is 0 Å². The lowest BCUT2D eigenvalue weighted by Gasteiger charge is -1.95. The van der Waals surface area contributed by atoms with Crippen molar-refractivity contribution in [2.75, 3.05) is 5.32 Å². The van der Waals surface area contributed by atoms with Gasteiger partial charge in [0.25, 0.3) is 5.91 Å². The molecule has 5 nitrogen and oxygen atoms in total. The SMILES string of the molecule is O=C(Nc1cnns1)c1ccc(Br)o1. The van der Waals surface area contributed by atoms with Gasteiger partial charge in [-0.05, 0) is 28.1 Å². The third-order valence-electron chi connectivity index (χ3n) is 1.40. The predicted molar refractivity (Wildman–Crippen MR) is 54.3 cm³/mol. The Bertz CT molecular complexity index is 439. The largest absolute Gasteiger partial charge is 0.444 e. The van der Waals surface area contributed by atoms with Crippen LogP contribution in [0.4, 0.5) is 5.00 Å². The zero-order chi connectivity index (χ0) is 9.97. The Hall–Kier alpha value is -1.21. The van der Waals surface area contributed by atoms with Crippen LogP contribution in [0.2, 0.25) is 0 Å². The second-order valence-electron chi connectivity index (χ2n) is 2.34. The van der Waals surface area contributed by atoms with Crippen LogP contribution < -0.4 is 5.32 Å². The van der Waals surface area contributed by atoms with Gasteiger partial charge in [-0.15, -0.1) is 5.10 Å². The Morgan fingerprint density at radius 2 is 2.43 bits per heavy atom. The van der Waals surface area contributed by atoms with Crippen LogP contribution in [0.25, 0.3) is 0 Å². The Morgan fingerprint density at radius 1 is 1.57 bits per heavy atom. The van der Waals surface area contributed by atoms with E-state index >= 15 is 0 Å². The molecule has 7 heteroatoms. The number of amides is 1. The third-order valence-corrected chi connectivity index (χ3v) is 2.40. The first-order chi connectivity index (χ1) is 6.75. The van der Waals surface area contributed by atoms with Gasteiger partial charge in [-0.1, -0.05) is 4.49 Å². The first-order valence-electron chi connectivity index (χ1n) is 3.60. The van der Waals surface area contributed by atoms with Gasteiger partial charge >= 0.3 is 0 Å². The molecule has 0 aliphatic heterocycles. The van der Waals surface area contributed by atoms with Gasteiger partial charge in [-0.25, -0.2) is 0 Å². The Labute approximate surface area is 91.4 Å². The van der Waals surface area contributed by atoms with Crippen molar-refractivity contribution in [1.29, 1.82) is 0 Å². The Morgan fingerprint density at radius 3 is 3.00 bits per heavy atom. The zero-order valence-corrected chi connectivity index (χ0v) is 9.13. The summed E-state index contributed by atoms with van der Waals surface area (Å²) in [5.41, 5.74) is 0. The van der Waals surface area contributed by atoms with Gasteiger partial charge in [-0.3, -0.25) is 4.79 Å². The molecule has 1 amide bonds. The molecule has 14 heavy (non-hydrogen) atoms. The van der Waals surface area contributed by atoms with Crippen LogP contribution in [0.3, 0.4) is 0 Å². The van der Waals surface area contributed by atoms with Crippen LogP contribution >= 0.6 is 27.5 Å². The van der Waals surface area contributed by atoms with Crippen LogP contribution in [-0.2, 0) is 0 Å². The number of carbonyl (C=O) groups is 1. The standard InChI is InChI=1S/C7H4BrN3O2S/c8-5-2-1-4(13-5)7(12)10-6-3-9-11-14-6/h1-3H,(H,10,12). The number of nitrogens with one attached hydrogen (secondary N) is 1. The fourth-order valence-corrected chi connectivity index (χ4v) is 1.55. The molecule has 2 heterocycles. The van der Waals surface area contributed by atoms with Crippen LogP contribution in [0, 0.1) is 0 Å². The molecule has 2 aromatic rings. The van der Waals surface area contributed by atoms with Crippen molar-refractivity contribution in [3.05, 3.63) is 28.8 Å². The van der Waals surface area contributed by atoms with Gasteiger partial charge < -0.3 is 9.73 Å². The molecule has 0 unspecified atom stereocenters. The topological polar surface area (TPSA) is 68.0 Å². The van der Waals surface area contributed by atoms with Crippen LogP contribution in [0.5, 0.6) is 0 Å². The molecule has 2 rings (SSSR count). The number of hydrogen-bond donors (Lipinski definition) is 1. The molecule has 0 aliphatic rings. The second kappa shape index (κ2) is 3.89. The van der Waals surface area contributed by atoms with Crippen molar-refractivity contribution in [3.8, 4) is 0 Å². The molecule has 0 aromatic carbocycles. The highest BCUT2D eigenvalue weighted by Crippen LogP contribution is 2.16. The van der Waals surface area contributed by atoms with Gasteiger partial charge in [0.2, 0.25) is 0 Å². The summed E-state index contributed by atoms with van der Waals surface area (Å²) in [5, 5.41) is 6.77. The molecule has 0 atom stereocenters. The van der Waals surface area contributed by atoms with Gasteiger partial charge in [0, 0.05) is 11.5 Å². The Balaban J connectivity index is 2.10. The molecule has 0 fully saturated rings. The van der Waals surface area contributed by atoms with Gasteiger partial charge in [0.15, 0.2) is 10.4 Å². The fourth-order valence-electron chi connectivity index (χ4n) is 0.832. The highest BCUT2D eigenvalue weighted by Gasteiger charge is 2.11. The predicted octanol–water partition coefficient (Wildman–Crippen LogP) is 2.15. The Kier molecular flexibility index (Phi) is 2.60. The normalized spacial score (nSPS) is 10.1. The first-order valence-corrected chi connectivity index (χ1v) is 5.16. The summed E-state index contributed by atoms with van der Waals surface area (Å²) in [6, 6.07) is 3.23. The lowest BCUT2D eigenvalue weighted by Crippen LogP contribution is -2.09. The zero-order valence-electron chi connectivity index (χ0n) is 6.73. The van der Waals surface area contributed by atoms with E-state index in [1.165, 1.54) is 6.20 Å². The minimum Gasteiger partial charge on any atom is -0.444 e. The molecule has 0 saturated heterocycles. The van der Waals surface area contributed by atoms with Gasteiger partial charge in [0.05, 0.1) is 6.20 Å². The second-order valence-corrected chi connectivity index (χ2v) is 3.91. The number of nitrogens with zero attached hydrogens (tertiary/aromatic N) is 2. The minimum absolute atomic E-state index is 0.241. The van der Waals surface area contributed by atoms with Crippen molar-refractivity contribution in [2.45, 2.75) is 0 Å². The molecule has 2 aromatic heterocycles. The van der Waals surface area contributed by atoms with E-state index in [0.29, 0.717) is 9.67 Å². The van der Waals surface area contributed by atoms with E-state index in [1.54, 1.807) is 12.1 Å². The number of hydrogen-bond acceptors (Lipinski definition) is 5. The molecule has 0 bridgehead atoms. The van der Waals surface area contributed by atoms with E-state index in [-0.39, 0.29) is 11.7 Å². The summed E-state index contributed by atoms with van der Waals surface area (Å²) < 4.78 is 9.19. The van der Waals surface area contributed by atoms with E-state index in [1.807, 2.05) is 0 Å². The van der Waals surface area contributed by atoms with Gasteiger partial charge in [0.1, 0.15) is 5.00 Å². The molecule has 1 N–H and O–H groups in total. The molecular formula is C7H4BrN3O2S. The number of carbonyl (C=O) groups excluding carboxylic acids is 1. The molecule has 0 spiro atoms. The summed E-state index contributed by atoms with van der Waals surface area (Å²) in [7, 11) is 0. The maximum Gasteiger partial charge on any atom is 0.292 e. The van der Waals surface area contributed by atoms with E-state index in [0.717, 1.165) is 11.5 Å². The highest BCUT2D eigenvalue weighted by atomic mass is 79.9. The van der Waals surface area contributed by atoms with Crippen LogP contribution in [0.15, 0.2) is 27.4 Å². The molecule has 0 aliphatic carbocycles. The smallest absolute Gasteiger partial charge is 0.292 e. The molecule has 0 saturated carbocycles. The quantitative estimate of drug-likeness (QED) is 0.911. The number of halogens is 1. The maximum atomic E-state index is 11.5. The summed E-state index contributed by atoms with van der Waals surface area (Å²) in [4.78, 5) is 11.5. The summed E-state index contributed by atoms with van der Waals surface area (Å²) in [6.45, 7) is 0. The molecular weight excluding hydrogens is 270 g/mol. The number of aromatic nitrogens is 2. The van der Waals surface area contributed by atoms with Crippen molar-refractivity contribution in [2.24, 2.45) is 0 Å². The highest BCUT2D eigenvalue weighted by molar-refractivity contribution is 9.10. The van der Waals surface area contributed by atoms with Crippen molar-refractivity contribution >= 4 is 38.4 Å². The van der Waals surface area contributed by atoms with Crippen LogP contribution in [0.1, 0.15) is 10.6 Å². The molecule has 72 valence electrons. The average Bonchev–Trinajstić information content (AvgIpc) is 2.75. The minimum atomic E-state index is -0.318. The van der Waals surface area contributed by atoms with E-state index < -0.39 is 0 Å². The monoisotopic (exact) mass is 273 g/mol. The third kappa shape index (κ3) is 1.99. The number of anilines is 1. The average molecular weight is 274 g/mol. The summed E-state index contributed by atoms with van der Waals surface area (Å²) in [5.74, 6) is -0.0768. The lowest BCUT2D eigenvalue weighted by atomic mass is 10.4.